The molecule has 2 aromatic carbocycles. The van der Waals surface area contributed by atoms with Crippen LogP contribution in [0.2, 0.25) is 0 Å². The van der Waals surface area contributed by atoms with E-state index in [-0.39, 0.29) is 24.1 Å². The quantitative estimate of drug-likeness (QED) is 0.511. The van der Waals surface area contributed by atoms with Crippen LogP contribution in [-0.2, 0) is 24.9 Å². The van der Waals surface area contributed by atoms with Crippen LogP contribution in [-0.4, -0.2) is 40.1 Å². The van der Waals surface area contributed by atoms with E-state index >= 15 is 0 Å². The van der Waals surface area contributed by atoms with Gasteiger partial charge in [0.25, 0.3) is 5.91 Å². The number of para-hydroxylation sites is 1. The van der Waals surface area contributed by atoms with E-state index < -0.39 is 5.92 Å². The second kappa shape index (κ2) is 8.46. The molecule has 0 bridgehead atoms. The molecule has 2 amide bonds. The molecule has 1 N–H and O–H groups in total. The van der Waals surface area contributed by atoms with Crippen molar-refractivity contribution in [2.75, 3.05) is 13.7 Å². The molecule has 0 aliphatic carbocycles. The predicted molar refractivity (Wildman–Crippen MR) is 122 cm³/mol. The van der Waals surface area contributed by atoms with Crippen LogP contribution < -0.4 is 10.1 Å². The molecule has 0 saturated carbocycles. The first kappa shape index (κ1) is 20.8. The fourth-order valence-electron chi connectivity index (χ4n) is 4.21. The number of hydrogen-bond donors (Lipinski definition) is 1. The van der Waals surface area contributed by atoms with Crippen LogP contribution >= 0.6 is 0 Å². The van der Waals surface area contributed by atoms with Gasteiger partial charge in [0.1, 0.15) is 11.3 Å². The van der Waals surface area contributed by atoms with Gasteiger partial charge in [-0.25, -0.2) is 0 Å². The van der Waals surface area contributed by atoms with Crippen molar-refractivity contribution in [2.24, 2.45) is 7.05 Å². The van der Waals surface area contributed by atoms with Gasteiger partial charge in [-0.05, 0) is 29.8 Å². The van der Waals surface area contributed by atoms with Crippen LogP contribution in [0.4, 0.5) is 0 Å². The van der Waals surface area contributed by atoms with Gasteiger partial charge < -0.3 is 19.4 Å². The minimum absolute atomic E-state index is 0.173. The summed E-state index contributed by atoms with van der Waals surface area (Å²) in [7, 11) is 3.43. The van der Waals surface area contributed by atoms with Crippen molar-refractivity contribution >= 4 is 22.8 Å². The van der Waals surface area contributed by atoms with Crippen LogP contribution in [0, 0.1) is 0 Å². The topological polar surface area (TPSA) is 89.6 Å². The number of nitrogens with one attached hydrogen (secondary N) is 1. The highest BCUT2D eigenvalue weighted by Crippen LogP contribution is 2.29. The van der Waals surface area contributed by atoms with Crippen molar-refractivity contribution < 1.29 is 18.7 Å². The van der Waals surface area contributed by atoms with Crippen LogP contribution in [0.15, 0.2) is 65.2 Å². The molecule has 4 aromatic rings. The molecule has 3 heterocycles. The summed E-state index contributed by atoms with van der Waals surface area (Å²) in [5, 5.41) is 8.37. The Morgan fingerprint density at radius 2 is 1.97 bits per heavy atom. The van der Waals surface area contributed by atoms with Crippen molar-refractivity contribution in [3.05, 3.63) is 83.4 Å². The summed E-state index contributed by atoms with van der Waals surface area (Å²) < 4.78 is 12.6. The number of rotatable bonds is 5. The van der Waals surface area contributed by atoms with Gasteiger partial charge in [0.15, 0.2) is 5.76 Å². The van der Waals surface area contributed by atoms with Crippen LogP contribution in [0.1, 0.15) is 33.3 Å². The van der Waals surface area contributed by atoms with E-state index in [1.54, 1.807) is 22.8 Å². The Hall–Kier alpha value is -4.07. The number of fused-ring (bicyclic) bond motifs is 2. The molecule has 8 heteroatoms. The van der Waals surface area contributed by atoms with Gasteiger partial charge in [-0.15, -0.1) is 0 Å². The number of methoxy groups -OCH3 is 1. The Morgan fingerprint density at radius 1 is 1.18 bits per heavy atom. The lowest BCUT2D eigenvalue weighted by molar-refractivity contribution is -0.123. The number of amides is 2. The molecule has 0 saturated heterocycles. The zero-order valence-electron chi connectivity index (χ0n) is 18.4. The fraction of sp³-hybridized carbons (Fsp3) is 0.240. The first-order valence-electron chi connectivity index (χ1n) is 10.7. The molecule has 5 rings (SSSR count). The molecular formula is C25H24N4O4. The minimum Gasteiger partial charge on any atom is -0.497 e. The molecular weight excluding hydrogens is 420 g/mol. The third kappa shape index (κ3) is 4.07. The Morgan fingerprint density at radius 3 is 2.73 bits per heavy atom. The largest absolute Gasteiger partial charge is 0.497 e. The molecule has 0 spiro atoms. The predicted octanol–water partition coefficient (Wildman–Crippen LogP) is 3.23. The second-order valence-electron chi connectivity index (χ2n) is 8.17. The van der Waals surface area contributed by atoms with E-state index in [2.05, 4.69) is 10.4 Å². The van der Waals surface area contributed by atoms with Crippen LogP contribution in [0.5, 0.6) is 5.75 Å². The molecule has 0 unspecified atom stereocenters. The van der Waals surface area contributed by atoms with Crippen molar-refractivity contribution in [1.82, 2.24) is 20.0 Å². The average molecular weight is 444 g/mol. The number of aryl methyl sites for hydroxylation is 1. The smallest absolute Gasteiger partial charge is 0.289 e. The van der Waals surface area contributed by atoms with Crippen molar-refractivity contribution in [2.45, 2.75) is 19.0 Å². The minimum atomic E-state index is -0.568. The van der Waals surface area contributed by atoms with Gasteiger partial charge in [0.2, 0.25) is 5.91 Å². The zero-order valence-corrected chi connectivity index (χ0v) is 18.4. The van der Waals surface area contributed by atoms with Gasteiger partial charge in [0, 0.05) is 43.8 Å². The zero-order chi connectivity index (χ0) is 22.9. The lowest BCUT2D eigenvalue weighted by Crippen LogP contribution is -2.43. The van der Waals surface area contributed by atoms with Gasteiger partial charge in [-0.1, -0.05) is 30.3 Å². The SMILES string of the molecule is COc1ccc(CNC(=O)[C@H]2CN(C(=O)c3cc4ccccc4o3)Cc3cn(C)nc32)cc1. The normalized spacial score (nSPS) is 15.3. The summed E-state index contributed by atoms with van der Waals surface area (Å²) in [4.78, 5) is 28.1. The fourth-order valence-corrected chi connectivity index (χ4v) is 4.21. The van der Waals surface area contributed by atoms with Gasteiger partial charge in [-0.2, -0.15) is 5.10 Å². The molecule has 33 heavy (non-hydrogen) atoms. The van der Waals surface area contributed by atoms with E-state index in [0.29, 0.717) is 24.4 Å². The molecule has 0 fully saturated rings. The summed E-state index contributed by atoms with van der Waals surface area (Å²) in [6.45, 7) is 0.981. The average Bonchev–Trinajstić information content (AvgIpc) is 3.44. The number of aromatic nitrogens is 2. The lowest BCUT2D eigenvalue weighted by Gasteiger charge is -2.30. The highest BCUT2D eigenvalue weighted by atomic mass is 16.5. The molecule has 1 atom stereocenters. The Balaban J connectivity index is 1.35. The van der Waals surface area contributed by atoms with Gasteiger partial charge >= 0.3 is 0 Å². The Labute approximate surface area is 190 Å². The second-order valence-corrected chi connectivity index (χ2v) is 8.17. The first-order chi connectivity index (χ1) is 16.0. The third-order valence-electron chi connectivity index (χ3n) is 5.90. The molecule has 8 nitrogen and oxygen atoms in total. The van der Waals surface area contributed by atoms with Crippen molar-refractivity contribution in [1.29, 1.82) is 0 Å². The van der Waals surface area contributed by atoms with E-state index in [9.17, 15) is 9.59 Å². The molecule has 1 aliphatic heterocycles. The summed E-state index contributed by atoms with van der Waals surface area (Å²) in [6, 6.07) is 16.8. The summed E-state index contributed by atoms with van der Waals surface area (Å²) in [5.74, 6) is 0.0409. The molecule has 0 radical (unpaired) electrons. The van der Waals surface area contributed by atoms with Gasteiger partial charge in [0.05, 0.1) is 18.7 Å². The summed E-state index contributed by atoms with van der Waals surface area (Å²) >= 11 is 0. The number of carbonyl (C=O) groups excluding carboxylic acids is 2. The number of carbonyl (C=O) groups is 2. The molecule has 168 valence electrons. The monoisotopic (exact) mass is 444 g/mol. The number of furan rings is 1. The van der Waals surface area contributed by atoms with Gasteiger partial charge in [-0.3, -0.25) is 14.3 Å². The van der Waals surface area contributed by atoms with Crippen LogP contribution in [0.3, 0.4) is 0 Å². The summed E-state index contributed by atoms with van der Waals surface area (Å²) in [5.41, 5.74) is 3.18. The van der Waals surface area contributed by atoms with E-state index in [0.717, 1.165) is 22.3 Å². The Bertz CT molecular complexity index is 1290. The van der Waals surface area contributed by atoms with Crippen molar-refractivity contribution in [3.8, 4) is 5.75 Å². The maximum Gasteiger partial charge on any atom is 0.289 e. The standard InChI is InChI=1S/C25H24N4O4/c1-28-13-18-14-29(25(31)22-11-17-5-3-4-6-21(17)33-22)15-20(23(18)27-28)24(30)26-12-16-7-9-19(32-2)10-8-16/h3-11,13,20H,12,14-15H2,1-2H3,(H,26,30)/t20-/m0/s1. The number of hydrogen-bond acceptors (Lipinski definition) is 5. The maximum atomic E-state index is 13.3. The van der Waals surface area contributed by atoms with Crippen molar-refractivity contribution in [3.63, 3.8) is 0 Å². The highest BCUT2D eigenvalue weighted by molar-refractivity contribution is 5.97. The number of benzene rings is 2. The molecule has 2 aromatic heterocycles. The lowest BCUT2D eigenvalue weighted by atomic mass is 9.95. The third-order valence-corrected chi connectivity index (χ3v) is 5.90. The van der Waals surface area contributed by atoms with E-state index in [4.69, 9.17) is 9.15 Å². The first-order valence-corrected chi connectivity index (χ1v) is 10.7. The summed E-state index contributed by atoms with van der Waals surface area (Å²) in [6.07, 6.45) is 1.86. The highest BCUT2D eigenvalue weighted by Gasteiger charge is 2.36. The molecule has 1 aliphatic rings. The van der Waals surface area contributed by atoms with E-state index in [1.165, 1.54) is 0 Å². The Kier molecular flexibility index (Phi) is 5.34. The number of ether oxygens (including phenoxy) is 1. The number of nitrogens with zero attached hydrogens (tertiary/aromatic N) is 3. The maximum absolute atomic E-state index is 13.3. The van der Waals surface area contributed by atoms with Crippen LogP contribution in [0.25, 0.3) is 11.0 Å². The van der Waals surface area contributed by atoms with E-state index in [1.807, 2.05) is 61.8 Å².